The van der Waals surface area contributed by atoms with Crippen molar-refractivity contribution in [2.24, 2.45) is 17.8 Å². The van der Waals surface area contributed by atoms with Gasteiger partial charge in [-0.2, -0.15) is 0 Å². The molecule has 0 aromatic carbocycles. The molecule has 2 bridgehead atoms. The van der Waals surface area contributed by atoms with Gasteiger partial charge in [0.1, 0.15) is 11.2 Å². The highest BCUT2D eigenvalue weighted by atomic mass is 16.6. The zero-order valence-electron chi connectivity index (χ0n) is 10.5. The Kier molecular flexibility index (Phi) is 1.97. The molecule has 0 radical (unpaired) electrons. The molecule has 2 aliphatic heterocycles. The molecule has 4 heteroatoms. The van der Waals surface area contributed by atoms with Gasteiger partial charge in [0.05, 0.1) is 0 Å². The van der Waals surface area contributed by atoms with Crippen molar-refractivity contribution in [3.05, 3.63) is 0 Å². The van der Waals surface area contributed by atoms with Gasteiger partial charge >= 0.3 is 11.9 Å². The van der Waals surface area contributed by atoms with Crippen LogP contribution in [0.15, 0.2) is 0 Å². The summed E-state index contributed by atoms with van der Waals surface area (Å²) in [5, 5.41) is 0. The molecule has 4 atom stereocenters. The molecule has 3 aliphatic rings. The molecule has 2 saturated heterocycles. The lowest BCUT2D eigenvalue weighted by Crippen LogP contribution is -2.62. The summed E-state index contributed by atoms with van der Waals surface area (Å²) in [7, 11) is 0. The summed E-state index contributed by atoms with van der Waals surface area (Å²) in [6.07, 6.45) is 2.63. The zero-order valence-corrected chi connectivity index (χ0v) is 10.5. The second-order valence-corrected chi connectivity index (χ2v) is 6.39. The minimum atomic E-state index is -0.679. The highest BCUT2D eigenvalue weighted by Crippen LogP contribution is 2.53. The van der Waals surface area contributed by atoms with Gasteiger partial charge in [0.2, 0.25) is 0 Å². The van der Waals surface area contributed by atoms with Gasteiger partial charge in [-0.25, -0.2) is 0 Å². The summed E-state index contributed by atoms with van der Waals surface area (Å²) < 4.78 is 10.9. The molecule has 0 unspecified atom stereocenters. The van der Waals surface area contributed by atoms with Crippen LogP contribution in [0.3, 0.4) is 0 Å². The number of cyclic esters (lactones) is 1. The Morgan fingerprint density at radius 2 is 1.76 bits per heavy atom. The van der Waals surface area contributed by atoms with Gasteiger partial charge in [0.25, 0.3) is 0 Å². The van der Waals surface area contributed by atoms with Crippen LogP contribution >= 0.6 is 0 Å². The number of ether oxygens (including phenoxy) is 2. The molecular formula is C13H18O4. The topological polar surface area (TPSA) is 52.6 Å². The van der Waals surface area contributed by atoms with Gasteiger partial charge in [-0.05, 0) is 46.0 Å². The number of hydrogen-bond acceptors (Lipinski definition) is 4. The van der Waals surface area contributed by atoms with Gasteiger partial charge in [0.15, 0.2) is 5.92 Å². The van der Waals surface area contributed by atoms with E-state index in [0.717, 1.165) is 19.3 Å². The number of carbonyl (C=O) groups is 2. The minimum Gasteiger partial charge on any atom is -0.459 e. The summed E-state index contributed by atoms with van der Waals surface area (Å²) in [5.74, 6) is -1.07. The van der Waals surface area contributed by atoms with Gasteiger partial charge in [-0.3, -0.25) is 9.59 Å². The summed E-state index contributed by atoms with van der Waals surface area (Å²) >= 11 is 0. The average molecular weight is 238 g/mol. The predicted octanol–water partition coefficient (Wildman–Crippen LogP) is 1.67. The summed E-state index contributed by atoms with van der Waals surface area (Å²) in [6, 6.07) is 0. The molecule has 94 valence electrons. The van der Waals surface area contributed by atoms with Crippen molar-refractivity contribution in [2.45, 2.75) is 51.2 Å². The Morgan fingerprint density at radius 3 is 2.47 bits per heavy atom. The van der Waals surface area contributed by atoms with Crippen LogP contribution in [0.1, 0.15) is 40.0 Å². The van der Waals surface area contributed by atoms with Crippen molar-refractivity contribution < 1.29 is 19.1 Å². The first-order chi connectivity index (χ1) is 7.82. The largest absolute Gasteiger partial charge is 0.459 e. The normalized spacial score (nSPS) is 47.1. The van der Waals surface area contributed by atoms with Gasteiger partial charge in [0, 0.05) is 5.92 Å². The molecule has 17 heavy (non-hydrogen) atoms. The molecule has 1 saturated carbocycles. The van der Waals surface area contributed by atoms with Crippen molar-refractivity contribution in [1.82, 2.24) is 0 Å². The lowest BCUT2D eigenvalue weighted by atomic mass is 9.59. The maximum absolute atomic E-state index is 11.9. The Labute approximate surface area is 101 Å². The Morgan fingerprint density at radius 1 is 1.12 bits per heavy atom. The van der Waals surface area contributed by atoms with E-state index in [9.17, 15) is 9.59 Å². The molecule has 4 nitrogen and oxygen atoms in total. The van der Waals surface area contributed by atoms with Crippen molar-refractivity contribution >= 4 is 11.9 Å². The molecule has 1 aliphatic carbocycles. The van der Waals surface area contributed by atoms with E-state index < -0.39 is 17.5 Å². The van der Waals surface area contributed by atoms with E-state index in [1.54, 1.807) is 0 Å². The lowest BCUT2D eigenvalue weighted by molar-refractivity contribution is -0.229. The number of fused-ring (bicyclic) bond motifs is 1. The first kappa shape index (κ1) is 11.1. The number of rotatable bonds is 0. The third-order valence-electron chi connectivity index (χ3n) is 4.71. The highest BCUT2D eigenvalue weighted by Gasteiger charge is 2.61. The van der Waals surface area contributed by atoms with Crippen LogP contribution in [-0.2, 0) is 19.1 Å². The monoisotopic (exact) mass is 238 g/mol. The van der Waals surface area contributed by atoms with E-state index in [2.05, 4.69) is 0 Å². The van der Waals surface area contributed by atoms with Crippen LogP contribution in [0.2, 0.25) is 0 Å². The SMILES string of the molecule is CC1(C)OC(=O)[C@H]2C(=O)O[C@]3(C)CC[C@H]1[C@@H]2C3. The van der Waals surface area contributed by atoms with Gasteiger partial charge in [-0.1, -0.05) is 0 Å². The molecule has 0 aromatic heterocycles. The molecule has 3 rings (SSSR count). The molecule has 0 aromatic rings. The second-order valence-electron chi connectivity index (χ2n) is 6.39. The number of hydrogen-bond donors (Lipinski definition) is 0. The maximum atomic E-state index is 11.9. The standard InChI is InChI=1S/C13H18O4/c1-12(2)8-4-5-13(3)6-7(8)9(10(14)16-12)11(15)17-13/h7-9H,4-6H2,1-3H3/t7-,8-,9-,13+/m0/s1. The average Bonchev–Trinajstić information content (AvgIpc) is 2.12. The molecule has 0 N–H and O–H groups in total. The van der Waals surface area contributed by atoms with Crippen LogP contribution in [0.4, 0.5) is 0 Å². The van der Waals surface area contributed by atoms with E-state index in [-0.39, 0.29) is 23.4 Å². The second kappa shape index (κ2) is 3.03. The fraction of sp³-hybridized carbons (Fsp3) is 0.846. The molecule has 3 fully saturated rings. The van der Waals surface area contributed by atoms with Crippen molar-refractivity contribution in [3.63, 3.8) is 0 Å². The molecule has 2 heterocycles. The summed E-state index contributed by atoms with van der Waals surface area (Å²) in [4.78, 5) is 23.8. The van der Waals surface area contributed by atoms with Crippen LogP contribution in [0, 0.1) is 17.8 Å². The maximum Gasteiger partial charge on any atom is 0.321 e. The third kappa shape index (κ3) is 1.42. The quantitative estimate of drug-likeness (QED) is 0.476. The van der Waals surface area contributed by atoms with E-state index in [1.165, 1.54) is 0 Å². The third-order valence-corrected chi connectivity index (χ3v) is 4.71. The van der Waals surface area contributed by atoms with E-state index in [0.29, 0.717) is 0 Å². The van der Waals surface area contributed by atoms with Crippen LogP contribution in [0.25, 0.3) is 0 Å². The van der Waals surface area contributed by atoms with Crippen LogP contribution in [0.5, 0.6) is 0 Å². The van der Waals surface area contributed by atoms with Crippen molar-refractivity contribution in [2.75, 3.05) is 0 Å². The first-order valence-electron chi connectivity index (χ1n) is 6.28. The van der Waals surface area contributed by atoms with Gasteiger partial charge in [-0.15, -0.1) is 0 Å². The van der Waals surface area contributed by atoms with Gasteiger partial charge < -0.3 is 9.47 Å². The highest BCUT2D eigenvalue weighted by molar-refractivity contribution is 5.96. The minimum absolute atomic E-state index is 0.103. The Hall–Kier alpha value is -1.06. The lowest BCUT2D eigenvalue weighted by Gasteiger charge is -2.55. The molecule has 0 amide bonds. The van der Waals surface area contributed by atoms with Crippen LogP contribution < -0.4 is 0 Å². The van der Waals surface area contributed by atoms with E-state index >= 15 is 0 Å². The smallest absolute Gasteiger partial charge is 0.321 e. The summed E-state index contributed by atoms with van der Waals surface area (Å²) in [5.41, 5.74) is -0.806. The number of carbonyl (C=O) groups excluding carboxylic acids is 2. The molecular weight excluding hydrogens is 220 g/mol. The Balaban J connectivity index is 2.02. The van der Waals surface area contributed by atoms with Crippen molar-refractivity contribution in [1.29, 1.82) is 0 Å². The van der Waals surface area contributed by atoms with Crippen molar-refractivity contribution in [3.8, 4) is 0 Å². The van der Waals surface area contributed by atoms with E-state index in [1.807, 2.05) is 20.8 Å². The fourth-order valence-electron chi connectivity index (χ4n) is 3.87. The molecule has 0 spiro atoms. The predicted molar refractivity (Wildman–Crippen MR) is 59.0 cm³/mol. The van der Waals surface area contributed by atoms with E-state index in [4.69, 9.17) is 9.47 Å². The zero-order chi connectivity index (χ0) is 12.4. The number of esters is 2. The fourth-order valence-corrected chi connectivity index (χ4v) is 3.87. The van der Waals surface area contributed by atoms with Crippen LogP contribution in [-0.4, -0.2) is 23.1 Å². The summed E-state index contributed by atoms with van der Waals surface area (Å²) in [6.45, 7) is 5.88. The first-order valence-corrected chi connectivity index (χ1v) is 6.28. The Bertz CT molecular complexity index is 392.